The van der Waals surface area contributed by atoms with Crippen molar-refractivity contribution in [3.05, 3.63) is 60.4 Å². The molecule has 2 aromatic carbocycles. The number of benzene rings is 2. The van der Waals surface area contributed by atoms with Crippen molar-refractivity contribution in [2.75, 3.05) is 19.1 Å². The largest absolute Gasteiger partial charge is 0.496 e. The summed E-state index contributed by atoms with van der Waals surface area (Å²) in [4.78, 5) is 22.8. The highest BCUT2D eigenvalue weighted by Crippen LogP contribution is 2.34. The van der Waals surface area contributed by atoms with E-state index in [0.717, 1.165) is 22.4 Å². The van der Waals surface area contributed by atoms with Gasteiger partial charge in [-0.25, -0.2) is 15.4 Å². The average Bonchev–Trinajstić information content (AvgIpc) is 2.70. The molecule has 0 atom stereocenters. The monoisotopic (exact) mass is 364 g/mol. The van der Waals surface area contributed by atoms with Crippen molar-refractivity contribution in [3.63, 3.8) is 0 Å². The number of nitrogens with one attached hydrogen (secondary N) is 1. The number of aromatic nitrogens is 2. The number of methoxy groups -OCH3 is 1. The van der Waals surface area contributed by atoms with Gasteiger partial charge in [-0.2, -0.15) is 0 Å². The maximum atomic E-state index is 11.8. The number of amides is 1. The summed E-state index contributed by atoms with van der Waals surface area (Å²) in [7, 11) is 3.39. The first kappa shape index (κ1) is 18.3. The molecule has 0 aliphatic heterocycles. The van der Waals surface area contributed by atoms with E-state index in [1.807, 2.05) is 49.2 Å². The van der Waals surface area contributed by atoms with E-state index in [9.17, 15) is 4.79 Å². The Morgan fingerprint density at radius 3 is 2.67 bits per heavy atom. The maximum absolute atomic E-state index is 11.8. The minimum Gasteiger partial charge on any atom is -0.496 e. The minimum atomic E-state index is -0.698. The molecule has 0 saturated heterocycles. The highest BCUT2D eigenvalue weighted by atomic mass is 16.5. The minimum absolute atomic E-state index is 0.0910. The van der Waals surface area contributed by atoms with Crippen molar-refractivity contribution >= 4 is 33.9 Å². The third-order valence-corrected chi connectivity index (χ3v) is 4.28. The number of fused-ring (bicyclic) bond motifs is 1. The van der Waals surface area contributed by atoms with Crippen molar-refractivity contribution < 1.29 is 14.7 Å². The molecule has 138 valence electrons. The van der Waals surface area contributed by atoms with Crippen molar-refractivity contribution in [1.29, 1.82) is 0 Å². The molecule has 2 N–H and O–H groups in total. The lowest BCUT2D eigenvalue weighted by Gasteiger charge is -2.22. The van der Waals surface area contributed by atoms with Crippen LogP contribution in [0, 0.1) is 6.92 Å². The first-order valence-electron chi connectivity index (χ1n) is 8.25. The van der Waals surface area contributed by atoms with Crippen LogP contribution in [0.4, 0.5) is 11.5 Å². The van der Waals surface area contributed by atoms with Crippen LogP contribution in [0.25, 0.3) is 16.5 Å². The van der Waals surface area contributed by atoms with E-state index in [1.165, 1.54) is 7.11 Å². The van der Waals surface area contributed by atoms with E-state index < -0.39 is 5.91 Å². The molecule has 7 nitrogen and oxygen atoms in total. The molecule has 0 aliphatic carbocycles. The summed E-state index contributed by atoms with van der Waals surface area (Å²) < 4.78 is 5.32. The predicted molar refractivity (Wildman–Crippen MR) is 104 cm³/mol. The van der Waals surface area contributed by atoms with Gasteiger partial charge < -0.3 is 9.64 Å². The summed E-state index contributed by atoms with van der Waals surface area (Å²) >= 11 is 0. The van der Waals surface area contributed by atoms with Crippen LogP contribution in [-0.4, -0.2) is 35.2 Å². The van der Waals surface area contributed by atoms with Crippen molar-refractivity contribution in [3.8, 4) is 5.75 Å². The summed E-state index contributed by atoms with van der Waals surface area (Å²) in [6.07, 6.45) is 0. The van der Waals surface area contributed by atoms with Gasteiger partial charge in [0.15, 0.2) is 0 Å². The summed E-state index contributed by atoms with van der Waals surface area (Å²) in [5.74, 6) is 1.18. The summed E-state index contributed by atoms with van der Waals surface area (Å²) in [5.41, 5.74) is 3.79. The standard InChI is InChI=1S/C20H20N4O3/c1-12(20(25)23-26)16-11-14(9-10-18(16)27-4)24(3)19-15-7-5-6-8-17(15)21-13(2)22-19/h5-11,26H,1H2,2-4H3,(H,23,25). The van der Waals surface area contributed by atoms with Crippen molar-refractivity contribution in [2.24, 2.45) is 0 Å². The van der Waals surface area contributed by atoms with Gasteiger partial charge >= 0.3 is 0 Å². The van der Waals surface area contributed by atoms with Gasteiger partial charge in [0, 0.05) is 29.3 Å². The van der Waals surface area contributed by atoms with Gasteiger partial charge in [0.05, 0.1) is 12.6 Å². The zero-order valence-corrected chi connectivity index (χ0v) is 15.4. The van der Waals surface area contributed by atoms with Crippen LogP contribution in [-0.2, 0) is 4.79 Å². The number of rotatable bonds is 5. The highest BCUT2D eigenvalue weighted by Gasteiger charge is 2.17. The molecule has 1 heterocycles. The molecule has 0 saturated carbocycles. The van der Waals surface area contributed by atoms with E-state index in [-0.39, 0.29) is 5.57 Å². The van der Waals surface area contributed by atoms with Crippen LogP contribution in [0.5, 0.6) is 5.75 Å². The maximum Gasteiger partial charge on any atom is 0.274 e. The Kier molecular flexibility index (Phi) is 5.05. The highest BCUT2D eigenvalue weighted by molar-refractivity contribution is 6.19. The van der Waals surface area contributed by atoms with E-state index in [4.69, 9.17) is 9.94 Å². The SMILES string of the molecule is C=C(C(=O)NO)c1cc(N(C)c2nc(C)nc3ccccc23)ccc1OC. The van der Waals surface area contributed by atoms with Gasteiger partial charge in [0.25, 0.3) is 5.91 Å². The van der Waals surface area contributed by atoms with Crippen LogP contribution in [0.3, 0.4) is 0 Å². The molecule has 3 rings (SSSR count). The fraction of sp³-hybridized carbons (Fsp3) is 0.150. The second-order valence-electron chi connectivity index (χ2n) is 5.97. The first-order valence-corrected chi connectivity index (χ1v) is 8.25. The molecule has 0 spiro atoms. The Balaban J connectivity index is 2.12. The Labute approximate surface area is 156 Å². The molecule has 3 aromatic rings. The number of para-hydroxylation sites is 1. The van der Waals surface area contributed by atoms with Crippen LogP contribution in [0.1, 0.15) is 11.4 Å². The zero-order valence-electron chi connectivity index (χ0n) is 15.4. The molecule has 7 heteroatoms. The quantitative estimate of drug-likeness (QED) is 0.411. The molecule has 0 bridgehead atoms. The predicted octanol–water partition coefficient (Wildman–Crippen LogP) is 3.23. The third-order valence-electron chi connectivity index (χ3n) is 4.28. The lowest BCUT2D eigenvalue weighted by atomic mass is 10.0. The lowest BCUT2D eigenvalue weighted by molar-refractivity contribution is -0.123. The first-order chi connectivity index (χ1) is 13.0. The molecule has 0 aliphatic rings. The second kappa shape index (κ2) is 7.43. The number of carbonyl (C=O) groups is 1. The number of hydrogen-bond acceptors (Lipinski definition) is 6. The zero-order chi connectivity index (χ0) is 19.6. The number of nitrogens with zero attached hydrogens (tertiary/aromatic N) is 3. The van der Waals surface area contributed by atoms with E-state index in [2.05, 4.69) is 16.5 Å². The van der Waals surface area contributed by atoms with Gasteiger partial charge in [0.1, 0.15) is 17.4 Å². The molecular formula is C20H20N4O3. The molecule has 1 amide bonds. The van der Waals surface area contributed by atoms with Crippen LogP contribution in [0.15, 0.2) is 49.0 Å². The van der Waals surface area contributed by atoms with E-state index in [1.54, 1.807) is 17.6 Å². The number of hydroxylamine groups is 1. The molecule has 27 heavy (non-hydrogen) atoms. The molecular weight excluding hydrogens is 344 g/mol. The normalized spacial score (nSPS) is 10.5. The van der Waals surface area contributed by atoms with Crippen LogP contribution < -0.4 is 15.1 Å². The Bertz CT molecular complexity index is 1030. The summed E-state index contributed by atoms with van der Waals surface area (Å²) in [6.45, 7) is 5.59. The molecule has 0 unspecified atom stereocenters. The Morgan fingerprint density at radius 2 is 1.96 bits per heavy atom. The fourth-order valence-corrected chi connectivity index (χ4v) is 2.88. The second-order valence-corrected chi connectivity index (χ2v) is 5.97. The van der Waals surface area contributed by atoms with E-state index in [0.29, 0.717) is 17.1 Å². The summed E-state index contributed by atoms with van der Waals surface area (Å²) in [5, 5.41) is 9.82. The smallest absolute Gasteiger partial charge is 0.274 e. The third kappa shape index (κ3) is 3.45. The number of anilines is 2. The van der Waals surface area contributed by atoms with Crippen molar-refractivity contribution in [1.82, 2.24) is 15.4 Å². The number of ether oxygens (including phenoxy) is 1. The molecule has 0 fully saturated rings. The van der Waals surface area contributed by atoms with Gasteiger partial charge in [0.2, 0.25) is 0 Å². The van der Waals surface area contributed by atoms with E-state index >= 15 is 0 Å². The van der Waals surface area contributed by atoms with Gasteiger partial charge in [-0.3, -0.25) is 10.0 Å². The lowest BCUT2D eigenvalue weighted by Crippen LogP contribution is -2.20. The van der Waals surface area contributed by atoms with Crippen LogP contribution >= 0.6 is 0 Å². The topological polar surface area (TPSA) is 87.6 Å². The fourth-order valence-electron chi connectivity index (χ4n) is 2.88. The van der Waals surface area contributed by atoms with Gasteiger partial charge in [-0.05, 0) is 37.3 Å². The number of carbonyl (C=O) groups excluding carboxylic acids is 1. The van der Waals surface area contributed by atoms with Crippen molar-refractivity contribution in [2.45, 2.75) is 6.92 Å². The number of aryl methyl sites for hydroxylation is 1. The molecule has 1 aromatic heterocycles. The molecule has 0 radical (unpaired) electrons. The Hall–Kier alpha value is -3.45. The van der Waals surface area contributed by atoms with Crippen LogP contribution in [0.2, 0.25) is 0 Å². The number of hydrogen-bond donors (Lipinski definition) is 2. The summed E-state index contributed by atoms with van der Waals surface area (Å²) in [6, 6.07) is 13.1. The Morgan fingerprint density at radius 1 is 1.22 bits per heavy atom. The van der Waals surface area contributed by atoms with Gasteiger partial charge in [-0.15, -0.1) is 0 Å². The average molecular weight is 364 g/mol. The van der Waals surface area contributed by atoms with Gasteiger partial charge in [-0.1, -0.05) is 18.7 Å².